The summed E-state index contributed by atoms with van der Waals surface area (Å²) in [7, 11) is 7.02. The number of aryl methyl sites for hydroxylation is 1. The predicted octanol–water partition coefficient (Wildman–Crippen LogP) is 6.00. The SMILES string of the molecule is COC(C)(OC)N(C)C.Cc1nc(-c2ncn(-c3cccc(Cl)c3F)c2-c2ccc(F)c(Cl)c2)no1. The maximum Gasteiger partial charge on any atom is 0.225 e. The monoisotopic (exact) mass is 539 g/mol. The molecule has 192 valence electrons. The molecule has 0 bridgehead atoms. The van der Waals surface area contributed by atoms with E-state index in [1.165, 1.54) is 35.2 Å². The van der Waals surface area contributed by atoms with Crippen molar-refractivity contribution >= 4 is 23.2 Å². The summed E-state index contributed by atoms with van der Waals surface area (Å²) in [5.41, 5.74) is 1.40. The van der Waals surface area contributed by atoms with Gasteiger partial charge in [-0.25, -0.2) is 13.8 Å². The summed E-state index contributed by atoms with van der Waals surface area (Å²) in [6.45, 7) is 3.49. The quantitative estimate of drug-likeness (QED) is 0.278. The Bertz CT molecular complexity index is 1340. The minimum atomic E-state index is -0.623. The lowest BCUT2D eigenvalue weighted by molar-refractivity contribution is -0.270. The van der Waals surface area contributed by atoms with Gasteiger partial charge in [-0.2, -0.15) is 4.98 Å². The minimum Gasteiger partial charge on any atom is -0.341 e. The number of hydrogen-bond acceptors (Lipinski definition) is 7. The highest BCUT2D eigenvalue weighted by atomic mass is 35.5. The molecule has 0 fully saturated rings. The molecule has 0 amide bonds. The molecule has 0 N–H and O–H groups in total. The van der Waals surface area contributed by atoms with Crippen LogP contribution in [0, 0.1) is 18.6 Å². The summed E-state index contributed by atoms with van der Waals surface area (Å²) in [5, 5.41) is 3.75. The molecule has 0 radical (unpaired) electrons. The Kier molecular flexibility index (Phi) is 8.80. The maximum absolute atomic E-state index is 14.6. The highest BCUT2D eigenvalue weighted by Gasteiger charge is 2.25. The summed E-state index contributed by atoms with van der Waals surface area (Å²) >= 11 is 11.9. The largest absolute Gasteiger partial charge is 0.341 e. The number of rotatable bonds is 6. The molecule has 2 heterocycles. The number of halogens is 4. The lowest BCUT2D eigenvalue weighted by Crippen LogP contribution is -2.44. The van der Waals surface area contributed by atoms with E-state index >= 15 is 0 Å². The number of hydrogen-bond donors (Lipinski definition) is 0. The molecular weight excluding hydrogens is 515 g/mol. The van der Waals surface area contributed by atoms with Gasteiger partial charge in [-0.05, 0) is 44.4 Å². The Balaban J connectivity index is 0.000000345. The van der Waals surface area contributed by atoms with Crippen LogP contribution in [0.25, 0.3) is 28.5 Å². The average Bonchev–Trinajstić information content (AvgIpc) is 3.48. The van der Waals surface area contributed by atoms with Gasteiger partial charge in [-0.1, -0.05) is 34.4 Å². The van der Waals surface area contributed by atoms with E-state index < -0.39 is 17.5 Å². The first-order valence-corrected chi connectivity index (χ1v) is 11.3. The number of benzene rings is 2. The van der Waals surface area contributed by atoms with E-state index in [0.717, 1.165) is 0 Å². The van der Waals surface area contributed by atoms with E-state index in [-0.39, 0.29) is 21.6 Å². The van der Waals surface area contributed by atoms with Crippen molar-refractivity contribution in [3.8, 4) is 28.5 Å². The van der Waals surface area contributed by atoms with Crippen LogP contribution in [0.1, 0.15) is 12.8 Å². The standard InChI is InChI=1S/C18H10Cl2F2N4O.C6H15NO2/c1-9-24-18(25-27-9)16-17(10-5-6-13(21)12(20)7-10)26(8-23-16)14-4-2-3-11(19)15(14)22;1-6(8-4,9-5)7(2)3/h2-8H,1H3;1-5H3. The van der Waals surface area contributed by atoms with Crippen LogP contribution in [0.4, 0.5) is 8.78 Å². The zero-order valence-corrected chi connectivity index (χ0v) is 22.0. The van der Waals surface area contributed by atoms with Crippen molar-refractivity contribution in [1.82, 2.24) is 24.6 Å². The highest BCUT2D eigenvalue weighted by Crippen LogP contribution is 2.35. The molecule has 0 atom stereocenters. The molecule has 0 unspecified atom stereocenters. The van der Waals surface area contributed by atoms with Crippen LogP contribution in [0.15, 0.2) is 47.2 Å². The normalized spacial score (nSPS) is 11.5. The molecule has 4 aromatic rings. The molecule has 0 spiro atoms. The molecule has 8 nitrogen and oxygen atoms in total. The zero-order valence-electron chi connectivity index (χ0n) is 20.5. The van der Waals surface area contributed by atoms with Gasteiger partial charge in [0, 0.05) is 33.6 Å². The van der Waals surface area contributed by atoms with Gasteiger partial charge in [0.05, 0.1) is 21.4 Å². The summed E-state index contributed by atoms with van der Waals surface area (Å²) in [6.07, 6.45) is 1.41. The van der Waals surface area contributed by atoms with Gasteiger partial charge in [-0.15, -0.1) is 0 Å². The summed E-state index contributed by atoms with van der Waals surface area (Å²) in [6, 6.07) is 8.74. The second-order valence-electron chi connectivity index (χ2n) is 7.85. The fraction of sp³-hybridized carbons (Fsp3) is 0.292. The van der Waals surface area contributed by atoms with Crippen molar-refractivity contribution in [2.24, 2.45) is 0 Å². The molecule has 0 aliphatic rings. The van der Waals surface area contributed by atoms with Gasteiger partial charge < -0.3 is 14.0 Å². The van der Waals surface area contributed by atoms with E-state index in [1.54, 1.807) is 33.3 Å². The summed E-state index contributed by atoms with van der Waals surface area (Å²) in [4.78, 5) is 10.3. The molecule has 36 heavy (non-hydrogen) atoms. The van der Waals surface area contributed by atoms with Crippen LogP contribution in [0.5, 0.6) is 0 Å². The van der Waals surface area contributed by atoms with Gasteiger partial charge >= 0.3 is 0 Å². The second kappa shape index (κ2) is 11.4. The Morgan fingerprint density at radius 3 is 2.28 bits per heavy atom. The van der Waals surface area contributed by atoms with E-state index in [0.29, 0.717) is 22.8 Å². The highest BCUT2D eigenvalue weighted by molar-refractivity contribution is 6.31. The van der Waals surface area contributed by atoms with Crippen molar-refractivity contribution < 1.29 is 22.8 Å². The van der Waals surface area contributed by atoms with Crippen LogP contribution in [0.3, 0.4) is 0 Å². The first-order valence-electron chi connectivity index (χ1n) is 10.6. The third-order valence-corrected chi connectivity index (χ3v) is 6.04. The summed E-state index contributed by atoms with van der Waals surface area (Å²) in [5.74, 6) is -1.22. The molecule has 0 aliphatic heterocycles. The average molecular weight is 540 g/mol. The van der Waals surface area contributed by atoms with Crippen molar-refractivity contribution in [2.45, 2.75) is 19.8 Å². The number of imidazole rings is 1. The fourth-order valence-electron chi connectivity index (χ4n) is 3.14. The Morgan fingerprint density at radius 2 is 1.75 bits per heavy atom. The maximum atomic E-state index is 14.6. The smallest absolute Gasteiger partial charge is 0.225 e. The van der Waals surface area contributed by atoms with Gasteiger partial charge in [0.15, 0.2) is 5.82 Å². The molecule has 2 aromatic heterocycles. The van der Waals surface area contributed by atoms with Crippen LogP contribution < -0.4 is 0 Å². The minimum absolute atomic E-state index is 0.0405. The van der Waals surface area contributed by atoms with Crippen LogP contribution >= 0.6 is 23.2 Å². The van der Waals surface area contributed by atoms with Crippen molar-refractivity contribution in [2.75, 3.05) is 28.3 Å². The van der Waals surface area contributed by atoms with Crippen molar-refractivity contribution in [3.63, 3.8) is 0 Å². The molecule has 12 heteroatoms. The Hall–Kier alpha value is -2.89. The fourth-order valence-corrected chi connectivity index (χ4v) is 3.49. The molecule has 2 aromatic carbocycles. The topological polar surface area (TPSA) is 78.4 Å². The van der Waals surface area contributed by atoms with E-state index in [2.05, 4.69) is 15.1 Å². The van der Waals surface area contributed by atoms with E-state index in [9.17, 15) is 8.78 Å². The molecule has 0 saturated carbocycles. The number of nitrogens with zero attached hydrogens (tertiary/aromatic N) is 5. The van der Waals surface area contributed by atoms with Crippen molar-refractivity contribution in [3.05, 3.63) is 70.3 Å². The predicted molar refractivity (Wildman–Crippen MR) is 133 cm³/mol. The second-order valence-corrected chi connectivity index (χ2v) is 8.67. The van der Waals surface area contributed by atoms with Crippen LogP contribution in [0.2, 0.25) is 10.0 Å². The van der Waals surface area contributed by atoms with Gasteiger partial charge in [0.2, 0.25) is 17.6 Å². The third-order valence-electron chi connectivity index (χ3n) is 5.46. The van der Waals surface area contributed by atoms with Crippen LogP contribution in [-0.2, 0) is 9.47 Å². The number of aromatic nitrogens is 4. The van der Waals surface area contributed by atoms with E-state index in [1.807, 2.05) is 25.9 Å². The van der Waals surface area contributed by atoms with Crippen molar-refractivity contribution in [1.29, 1.82) is 0 Å². The van der Waals surface area contributed by atoms with Gasteiger partial charge in [0.25, 0.3) is 0 Å². The van der Waals surface area contributed by atoms with Gasteiger partial charge in [-0.3, -0.25) is 9.47 Å². The van der Waals surface area contributed by atoms with Gasteiger partial charge in [0.1, 0.15) is 17.8 Å². The lowest BCUT2D eigenvalue weighted by Gasteiger charge is -2.32. The number of ether oxygens (including phenoxy) is 2. The van der Waals surface area contributed by atoms with Crippen LogP contribution in [-0.4, -0.2) is 58.8 Å². The third kappa shape index (κ3) is 5.74. The first-order chi connectivity index (χ1) is 17.0. The summed E-state index contributed by atoms with van der Waals surface area (Å²) < 4.78 is 44.9. The first kappa shape index (κ1) is 27.7. The Morgan fingerprint density at radius 1 is 1.06 bits per heavy atom. The Labute approximate surface area is 217 Å². The molecule has 0 aliphatic carbocycles. The molecule has 4 rings (SSSR count). The number of methoxy groups -OCH3 is 2. The van der Waals surface area contributed by atoms with E-state index in [4.69, 9.17) is 37.2 Å². The zero-order chi connectivity index (χ0) is 26.6. The molecule has 0 saturated heterocycles. The lowest BCUT2D eigenvalue weighted by atomic mass is 10.1. The molecular formula is C24H25Cl2F2N5O3.